The van der Waals surface area contributed by atoms with Gasteiger partial charge in [0.2, 0.25) is 0 Å². The van der Waals surface area contributed by atoms with Gasteiger partial charge >= 0.3 is 0 Å². The van der Waals surface area contributed by atoms with Crippen LogP contribution >= 0.6 is 23.4 Å². The van der Waals surface area contributed by atoms with E-state index in [0.29, 0.717) is 29.1 Å². The summed E-state index contributed by atoms with van der Waals surface area (Å²) >= 11 is 7.74. The summed E-state index contributed by atoms with van der Waals surface area (Å²) in [4.78, 5) is 14.9. The summed E-state index contributed by atoms with van der Waals surface area (Å²) in [5.74, 6) is 2.51. The molecule has 0 N–H and O–H groups in total. The maximum atomic E-state index is 13.0. The van der Waals surface area contributed by atoms with E-state index in [1.807, 2.05) is 42.6 Å². The van der Waals surface area contributed by atoms with Crippen LogP contribution in [0.5, 0.6) is 5.75 Å². The quantitative estimate of drug-likeness (QED) is 0.765. The molecule has 0 saturated carbocycles. The fourth-order valence-electron chi connectivity index (χ4n) is 2.90. The summed E-state index contributed by atoms with van der Waals surface area (Å²) in [6.07, 6.45) is 2.58. The van der Waals surface area contributed by atoms with Crippen molar-refractivity contribution < 1.29 is 13.9 Å². The van der Waals surface area contributed by atoms with Crippen LogP contribution in [-0.2, 0) is 4.79 Å². The number of ether oxygens (including phenoxy) is 1. The van der Waals surface area contributed by atoms with Gasteiger partial charge in [0, 0.05) is 23.9 Å². The van der Waals surface area contributed by atoms with Gasteiger partial charge in [-0.15, -0.1) is 11.8 Å². The highest BCUT2D eigenvalue weighted by Crippen LogP contribution is 2.35. The van der Waals surface area contributed by atoms with Crippen LogP contribution in [0.25, 0.3) is 0 Å². The van der Waals surface area contributed by atoms with Crippen LogP contribution in [-0.4, -0.2) is 35.3 Å². The fourth-order valence-corrected chi connectivity index (χ4v) is 4.20. The minimum absolute atomic E-state index is 0.00291. The fraction of sp³-hybridized carbons (Fsp3) is 0.421. The van der Waals surface area contributed by atoms with Gasteiger partial charge in [0.25, 0.3) is 5.91 Å². The number of hydrogen-bond donors (Lipinski definition) is 0. The van der Waals surface area contributed by atoms with Gasteiger partial charge in [0.05, 0.1) is 11.5 Å². The van der Waals surface area contributed by atoms with E-state index in [4.69, 9.17) is 20.8 Å². The van der Waals surface area contributed by atoms with Crippen molar-refractivity contribution in [3.8, 4) is 5.75 Å². The van der Waals surface area contributed by atoms with Crippen LogP contribution in [0.3, 0.4) is 0 Å². The van der Waals surface area contributed by atoms with Crippen LogP contribution < -0.4 is 4.74 Å². The number of benzene rings is 1. The Hall–Kier alpha value is -1.59. The number of rotatable bonds is 4. The average molecular weight is 380 g/mol. The average Bonchev–Trinajstić information content (AvgIpc) is 3.01. The van der Waals surface area contributed by atoms with Gasteiger partial charge in [-0.3, -0.25) is 4.79 Å². The molecule has 2 heterocycles. The monoisotopic (exact) mass is 379 g/mol. The highest BCUT2D eigenvalue weighted by atomic mass is 35.5. The number of carbonyl (C=O) groups excluding carboxylic acids is 1. The first-order chi connectivity index (χ1) is 12.0. The summed E-state index contributed by atoms with van der Waals surface area (Å²) in [7, 11) is 0. The third-order valence-corrected chi connectivity index (χ3v) is 5.73. The SMILES string of the molecule is CC(C)(Oc1ccc(Cl)cc1)C(=O)N1CCS[C@@H](c2ccco2)CC1. The molecule has 0 aliphatic carbocycles. The lowest BCUT2D eigenvalue weighted by atomic mass is 10.1. The maximum Gasteiger partial charge on any atom is 0.266 e. The highest BCUT2D eigenvalue weighted by molar-refractivity contribution is 7.99. The Morgan fingerprint density at radius 1 is 1.28 bits per heavy atom. The third-order valence-electron chi connectivity index (χ3n) is 4.19. The molecule has 0 radical (unpaired) electrons. The molecule has 6 heteroatoms. The molecule has 25 heavy (non-hydrogen) atoms. The van der Waals surface area contributed by atoms with E-state index in [0.717, 1.165) is 17.9 Å². The zero-order valence-corrected chi connectivity index (χ0v) is 16.0. The molecular formula is C19H22ClNO3S. The molecular weight excluding hydrogens is 358 g/mol. The van der Waals surface area contributed by atoms with Crippen molar-refractivity contribution in [1.82, 2.24) is 4.90 Å². The minimum Gasteiger partial charge on any atom is -0.478 e. The lowest BCUT2D eigenvalue weighted by Gasteiger charge is -2.31. The van der Waals surface area contributed by atoms with Gasteiger partial charge < -0.3 is 14.1 Å². The number of nitrogens with zero attached hydrogens (tertiary/aromatic N) is 1. The van der Waals surface area contributed by atoms with E-state index < -0.39 is 5.60 Å². The number of furan rings is 1. The second kappa shape index (κ2) is 7.75. The summed E-state index contributed by atoms with van der Waals surface area (Å²) in [6.45, 7) is 5.04. The van der Waals surface area contributed by atoms with Crippen LogP contribution in [0.4, 0.5) is 0 Å². The largest absolute Gasteiger partial charge is 0.478 e. The van der Waals surface area contributed by atoms with Crippen LogP contribution in [0, 0.1) is 0 Å². The summed E-state index contributed by atoms with van der Waals surface area (Å²) in [5, 5.41) is 0.943. The van der Waals surface area contributed by atoms with Crippen LogP contribution in [0.2, 0.25) is 5.02 Å². The number of amides is 1. The van der Waals surface area contributed by atoms with Gasteiger partial charge in [-0.1, -0.05) is 11.6 Å². The number of hydrogen-bond acceptors (Lipinski definition) is 4. The van der Waals surface area contributed by atoms with Crippen LogP contribution in [0.15, 0.2) is 47.1 Å². The second-order valence-electron chi connectivity index (χ2n) is 6.52. The van der Waals surface area contributed by atoms with Crippen molar-refractivity contribution in [3.05, 3.63) is 53.4 Å². The Kier molecular flexibility index (Phi) is 5.64. The topological polar surface area (TPSA) is 42.7 Å². The van der Waals surface area contributed by atoms with E-state index >= 15 is 0 Å². The van der Waals surface area contributed by atoms with Crippen molar-refractivity contribution in [2.75, 3.05) is 18.8 Å². The first-order valence-electron chi connectivity index (χ1n) is 8.35. The summed E-state index contributed by atoms with van der Waals surface area (Å²) in [6, 6.07) is 11.0. The first kappa shape index (κ1) is 18.2. The van der Waals surface area contributed by atoms with E-state index in [9.17, 15) is 4.79 Å². The van der Waals surface area contributed by atoms with Crippen molar-refractivity contribution in [2.24, 2.45) is 0 Å². The van der Waals surface area contributed by atoms with Gasteiger partial charge in [-0.05, 0) is 56.7 Å². The molecule has 1 aromatic heterocycles. The van der Waals surface area contributed by atoms with Crippen molar-refractivity contribution >= 4 is 29.3 Å². The van der Waals surface area contributed by atoms with Gasteiger partial charge in [-0.2, -0.15) is 0 Å². The number of thioether (sulfide) groups is 1. The van der Waals surface area contributed by atoms with Crippen molar-refractivity contribution in [1.29, 1.82) is 0 Å². The molecule has 1 amide bonds. The Bertz CT molecular complexity index is 700. The van der Waals surface area contributed by atoms with Crippen molar-refractivity contribution in [3.63, 3.8) is 0 Å². The smallest absolute Gasteiger partial charge is 0.266 e. The van der Waals surface area contributed by atoms with E-state index in [1.165, 1.54) is 0 Å². The Labute approximate surface area is 157 Å². The molecule has 0 spiro atoms. The lowest BCUT2D eigenvalue weighted by Crippen LogP contribution is -2.49. The van der Waals surface area contributed by atoms with Gasteiger partial charge in [0.1, 0.15) is 11.5 Å². The van der Waals surface area contributed by atoms with Gasteiger partial charge in [0.15, 0.2) is 5.60 Å². The molecule has 1 aromatic carbocycles. The minimum atomic E-state index is -0.928. The Balaban J connectivity index is 1.64. The van der Waals surface area contributed by atoms with Crippen LogP contribution in [0.1, 0.15) is 31.3 Å². The second-order valence-corrected chi connectivity index (χ2v) is 8.27. The predicted octanol–water partition coefficient (Wildman–Crippen LogP) is 4.80. The molecule has 3 rings (SSSR count). The summed E-state index contributed by atoms with van der Waals surface area (Å²) < 4.78 is 11.5. The van der Waals surface area contributed by atoms with E-state index in [1.54, 1.807) is 30.5 Å². The molecule has 134 valence electrons. The molecule has 1 fully saturated rings. The molecule has 1 saturated heterocycles. The molecule has 0 bridgehead atoms. The Morgan fingerprint density at radius 3 is 2.72 bits per heavy atom. The molecule has 1 aliphatic rings. The molecule has 1 aliphatic heterocycles. The number of carbonyl (C=O) groups is 1. The zero-order chi connectivity index (χ0) is 17.9. The highest BCUT2D eigenvalue weighted by Gasteiger charge is 2.35. The molecule has 4 nitrogen and oxygen atoms in total. The molecule has 1 atom stereocenters. The zero-order valence-electron chi connectivity index (χ0n) is 14.4. The summed E-state index contributed by atoms with van der Waals surface area (Å²) in [5.41, 5.74) is -0.928. The normalized spacial score (nSPS) is 18.7. The number of halogens is 1. The van der Waals surface area contributed by atoms with E-state index in [2.05, 4.69) is 0 Å². The first-order valence-corrected chi connectivity index (χ1v) is 9.77. The van der Waals surface area contributed by atoms with E-state index in [-0.39, 0.29) is 5.91 Å². The predicted molar refractivity (Wildman–Crippen MR) is 101 cm³/mol. The molecule has 0 unspecified atom stereocenters. The third kappa shape index (κ3) is 4.53. The molecule has 2 aromatic rings. The standard InChI is InChI=1S/C19H22ClNO3S/c1-19(2,24-15-7-5-14(20)6-8-15)18(22)21-10-9-17(25-13-11-21)16-4-3-12-23-16/h3-8,12,17H,9-11,13H2,1-2H3/t17-/m1/s1. The van der Waals surface area contributed by atoms with Gasteiger partial charge in [-0.25, -0.2) is 0 Å². The lowest BCUT2D eigenvalue weighted by molar-refractivity contribution is -0.145. The van der Waals surface area contributed by atoms with Crippen molar-refractivity contribution in [2.45, 2.75) is 31.1 Å². The Morgan fingerprint density at radius 2 is 2.04 bits per heavy atom. The maximum absolute atomic E-state index is 13.0.